The van der Waals surface area contributed by atoms with Crippen LogP contribution in [0.1, 0.15) is 38.3 Å². The molecule has 0 N–H and O–H groups in total. The van der Waals surface area contributed by atoms with Crippen molar-refractivity contribution in [3.05, 3.63) is 44.8 Å². The van der Waals surface area contributed by atoms with Gasteiger partial charge < -0.3 is 9.15 Å². The van der Waals surface area contributed by atoms with Crippen LogP contribution >= 0.6 is 11.6 Å². The molecule has 2 aromatic rings. The fraction of sp³-hybridized carbons (Fsp3) is 0.412. The van der Waals surface area contributed by atoms with E-state index in [1.54, 1.807) is 12.1 Å². The Balaban J connectivity index is 2.29. The molecule has 1 aromatic carbocycles. The van der Waals surface area contributed by atoms with E-state index in [1.807, 2.05) is 27.7 Å². The van der Waals surface area contributed by atoms with Crippen molar-refractivity contribution >= 4 is 28.5 Å². The summed E-state index contributed by atoms with van der Waals surface area (Å²) in [5.74, 6) is -0.299. The molecule has 0 unspecified atom stereocenters. The normalized spacial score (nSPS) is 11.7. The standard InChI is InChI=1S/C17H19ClO4/c1-10-5-14-12(7-13(10)18)11(6-15(19)22-14)9-21-16(20)8-17(2,3)4/h5-7H,8-9H2,1-4H3. The highest BCUT2D eigenvalue weighted by molar-refractivity contribution is 6.32. The summed E-state index contributed by atoms with van der Waals surface area (Å²) in [5.41, 5.74) is 1.23. The third-order valence-electron chi connectivity index (χ3n) is 3.17. The Kier molecular flexibility index (Phi) is 4.61. The van der Waals surface area contributed by atoms with Crippen LogP contribution in [0.25, 0.3) is 11.0 Å². The molecule has 0 spiro atoms. The van der Waals surface area contributed by atoms with Gasteiger partial charge in [0.1, 0.15) is 12.2 Å². The van der Waals surface area contributed by atoms with Crippen LogP contribution in [-0.2, 0) is 16.1 Å². The molecule has 0 aliphatic carbocycles. The fourth-order valence-corrected chi connectivity index (χ4v) is 2.27. The van der Waals surface area contributed by atoms with Crippen LogP contribution < -0.4 is 5.63 Å². The van der Waals surface area contributed by atoms with Crippen molar-refractivity contribution in [1.82, 2.24) is 0 Å². The smallest absolute Gasteiger partial charge is 0.336 e. The van der Waals surface area contributed by atoms with Crippen LogP contribution in [0.3, 0.4) is 0 Å². The number of esters is 1. The highest BCUT2D eigenvalue weighted by Crippen LogP contribution is 2.26. The minimum atomic E-state index is -0.476. The lowest BCUT2D eigenvalue weighted by molar-refractivity contribution is -0.147. The van der Waals surface area contributed by atoms with Gasteiger partial charge in [-0.2, -0.15) is 0 Å². The molecule has 5 heteroatoms. The first-order chi connectivity index (χ1) is 10.2. The highest BCUT2D eigenvalue weighted by Gasteiger charge is 2.18. The topological polar surface area (TPSA) is 56.5 Å². The largest absolute Gasteiger partial charge is 0.461 e. The average molecular weight is 323 g/mol. The average Bonchev–Trinajstić information content (AvgIpc) is 2.36. The van der Waals surface area contributed by atoms with Gasteiger partial charge >= 0.3 is 11.6 Å². The molecule has 0 saturated heterocycles. The number of rotatable bonds is 3. The minimum Gasteiger partial charge on any atom is -0.461 e. The first-order valence-electron chi connectivity index (χ1n) is 7.04. The van der Waals surface area contributed by atoms with Crippen LogP contribution in [0.15, 0.2) is 27.4 Å². The molecule has 0 amide bonds. The van der Waals surface area contributed by atoms with Crippen molar-refractivity contribution in [3.63, 3.8) is 0 Å². The monoisotopic (exact) mass is 322 g/mol. The molecule has 0 aliphatic heterocycles. The molecule has 0 fully saturated rings. The van der Waals surface area contributed by atoms with Crippen LogP contribution in [0.2, 0.25) is 5.02 Å². The van der Waals surface area contributed by atoms with Crippen LogP contribution in [0, 0.1) is 12.3 Å². The third-order valence-corrected chi connectivity index (χ3v) is 3.58. The van der Waals surface area contributed by atoms with Gasteiger partial charge in [0.25, 0.3) is 0 Å². The van der Waals surface area contributed by atoms with Crippen molar-refractivity contribution in [2.45, 2.75) is 40.7 Å². The molecule has 118 valence electrons. The van der Waals surface area contributed by atoms with Crippen LogP contribution in [0.4, 0.5) is 0 Å². The van der Waals surface area contributed by atoms with Gasteiger partial charge in [-0.05, 0) is 30.0 Å². The summed E-state index contributed by atoms with van der Waals surface area (Å²) in [6, 6.07) is 4.76. The molecular formula is C17H19ClO4. The number of fused-ring (bicyclic) bond motifs is 1. The van der Waals surface area contributed by atoms with E-state index in [9.17, 15) is 9.59 Å². The number of ether oxygens (including phenoxy) is 1. The fourth-order valence-electron chi connectivity index (χ4n) is 2.11. The number of carbonyl (C=O) groups is 1. The first-order valence-corrected chi connectivity index (χ1v) is 7.42. The summed E-state index contributed by atoms with van der Waals surface area (Å²) in [5, 5.41) is 1.25. The van der Waals surface area contributed by atoms with E-state index >= 15 is 0 Å². The van der Waals surface area contributed by atoms with Crippen molar-refractivity contribution in [2.75, 3.05) is 0 Å². The van der Waals surface area contributed by atoms with E-state index in [1.165, 1.54) is 6.07 Å². The second-order valence-corrected chi connectivity index (χ2v) is 6.99. The molecule has 0 radical (unpaired) electrons. The predicted molar refractivity (Wildman–Crippen MR) is 86.1 cm³/mol. The molecular weight excluding hydrogens is 304 g/mol. The van der Waals surface area contributed by atoms with Gasteiger partial charge in [-0.15, -0.1) is 0 Å². The number of benzene rings is 1. The third kappa shape index (κ3) is 4.10. The Labute approximate surface area is 134 Å². The maximum atomic E-state index is 11.8. The van der Waals surface area contributed by atoms with Crippen molar-refractivity contribution in [2.24, 2.45) is 5.41 Å². The number of aryl methyl sites for hydroxylation is 1. The Morgan fingerprint density at radius 3 is 2.59 bits per heavy atom. The second-order valence-electron chi connectivity index (χ2n) is 6.59. The van der Waals surface area contributed by atoms with Gasteiger partial charge in [-0.3, -0.25) is 4.79 Å². The summed E-state index contributed by atoms with van der Waals surface area (Å²) < 4.78 is 10.4. The Morgan fingerprint density at radius 1 is 1.27 bits per heavy atom. The SMILES string of the molecule is Cc1cc2oc(=O)cc(COC(=O)CC(C)(C)C)c2cc1Cl. The Bertz CT molecular complexity index is 769. The van der Waals surface area contributed by atoms with E-state index in [0.717, 1.165) is 5.56 Å². The van der Waals surface area contributed by atoms with Gasteiger partial charge in [0.15, 0.2) is 0 Å². The molecule has 2 rings (SSSR count). The molecule has 0 saturated carbocycles. The minimum absolute atomic E-state index is 0.0242. The van der Waals surface area contributed by atoms with Crippen LogP contribution in [-0.4, -0.2) is 5.97 Å². The zero-order valence-corrected chi connectivity index (χ0v) is 13.9. The number of halogens is 1. The van der Waals surface area contributed by atoms with Gasteiger partial charge in [-0.1, -0.05) is 32.4 Å². The summed E-state index contributed by atoms with van der Waals surface area (Å²) >= 11 is 6.12. The number of carbonyl (C=O) groups excluding carboxylic acids is 1. The highest BCUT2D eigenvalue weighted by atomic mass is 35.5. The molecule has 1 aromatic heterocycles. The lowest BCUT2D eigenvalue weighted by Crippen LogP contribution is -2.15. The van der Waals surface area contributed by atoms with E-state index in [0.29, 0.717) is 28.0 Å². The summed E-state index contributed by atoms with van der Waals surface area (Å²) in [6.07, 6.45) is 0.312. The molecule has 4 nitrogen and oxygen atoms in total. The van der Waals surface area contributed by atoms with E-state index < -0.39 is 5.63 Å². The van der Waals surface area contributed by atoms with Gasteiger partial charge in [0, 0.05) is 22.0 Å². The lowest BCUT2D eigenvalue weighted by atomic mass is 9.92. The molecule has 0 bridgehead atoms. The maximum absolute atomic E-state index is 11.8. The van der Waals surface area contributed by atoms with Crippen LogP contribution in [0.5, 0.6) is 0 Å². The second kappa shape index (κ2) is 6.13. The maximum Gasteiger partial charge on any atom is 0.336 e. The molecule has 22 heavy (non-hydrogen) atoms. The van der Waals surface area contributed by atoms with Crippen molar-refractivity contribution in [3.8, 4) is 0 Å². The van der Waals surface area contributed by atoms with Crippen molar-refractivity contribution in [1.29, 1.82) is 0 Å². The number of hydrogen-bond donors (Lipinski definition) is 0. The molecule has 0 atom stereocenters. The van der Waals surface area contributed by atoms with Gasteiger partial charge in [0.2, 0.25) is 0 Å². The zero-order valence-electron chi connectivity index (χ0n) is 13.2. The van der Waals surface area contributed by atoms with Crippen molar-refractivity contribution < 1.29 is 13.9 Å². The number of hydrogen-bond acceptors (Lipinski definition) is 4. The molecule has 0 aliphatic rings. The van der Waals surface area contributed by atoms with Gasteiger partial charge in [-0.25, -0.2) is 4.79 Å². The first kappa shape index (κ1) is 16.6. The summed E-state index contributed by atoms with van der Waals surface area (Å²) in [6.45, 7) is 7.74. The lowest BCUT2D eigenvalue weighted by Gasteiger charge is -2.16. The van der Waals surface area contributed by atoms with E-state index in [-0.39, 0.29) is 18.0 Å². The summed E-state index contributed by atoms with van der Waals surface area (Å²) in [7, 11) is 0. The van der Waals surface area contributed by atoms with E-state index in [2.05, 4.69) is 0 Å². The van der Waals surface area contributed by atoms with E-state index in [4.69, 9.17) is 20.8 Å². The molecule has 1 heterocycles. The predicted octanol–water partition coefficient (Wildman–Crippen LogP) is 4.23. The van der Waals surface area contributed by atoms with Gasteiger partial charge in [0.05, 0.1) is 6.42 Å². The zero-order chi connectivity index (χ0) is 16.5. The summed E-state index contributed by atoms with van der Waals surface area (Å²) in [4.78, 5) is 23.5. The Morgan fingerprint density at radius 2 is 1.95 bits per heavy atom. The Hall–Kier alpha value is -1.81. The quantitative estimate of drug-likeness (QED) is 0.626.